The molecule has 3 aromatic rings. The number of nitrogens with zero attached hydrogens (tertiary/aromatic N) is 5. The second-order valence-corrected chi connectivity index (χ2v) is 7.39. The van der Waals surface area contributed by atoms with Crippen LogP contribution in [0.1, 0.15) is 33.7 Å². The van der Waals surface area contributed by atoms with Crippen LogP contribution in [0.15, 0.2) is 42.6 Å². The molecular formula is C21H21N5O4. The molecule has 0 fully saturated rings. The number of hydrogen-bond acceptors (Lipinski definition) is 7. The number of pyridine rings is 1. The molecule has 9 heteroatoms. The summed E-state index contributed by atoms with van der Waals surface area (Å²) in [5, 5.41) is 17.1. The highest BCUT2D eigenvalue weighted by Crippen LogP contribution is 2.34. The van der Waals surface area contributed by atoms with Gasteiger partial charge in [0.15, 0.2) is 11.9 Å². The topological polar surface area (TPSA) is 103 Å². The van der Waals surface area contributed by atoms with Crippen LogP contribution in [0.25, 0.3) is 0 Å². The first kappa shape index (κ1) is 18.6. The minimum absolute atomic E-state index is 0.0157. The highest BCUT2D eigenvalue weighted by Gasteiger charge is 2.24. The van der Waals surface area contributed by atoms with Gasteiger partial charge in [-0.2, -0.15) is 0 Å². The van der Waals surface area contributed by atoms with Crippen LogP contribution >= 0.6 is 0 Å². The van der Waals surface area contributed by atoms with E-state index in [1.807, 2.05) is 12.1 Å². The first-order valence-electron chi connectivity index (χ1n) is 9.88. The molecule has 0 bridgehead atoms. The van der Waals surface area contributed by atoms with Crippen molar-refractivity contribution in [2.45, 2.75) is 25.6 Å². The lowest BCUT2D eigenvalue weighted by molar-refractivity contribution is 0.0676. The molecule has 5 rings (SSSR count). The number of hydrogen-bond donors (Lipinski definition) is 1. The fraction of sp³-hybridized carbons (Fsp3) is 0.333. The highest BCUT2D eigenvalue weighted by atomic mass is 16.6. The summed E-state index contributed by atoms with van der Waals surface area (Å²) >= 11 is 0. The van der Waals surface area contributed by atoms with Gasteiger partial charge in [0.05, 0.1) is 0 Å². The van der Waals surface area contributed by atoms with Crippen LogP contribution in [0.5, 0.6) is 11.6 Å². The first-order valence-corrected chi connectivity index (χ1v) is 9.88. The van der Waals surface area contributed by atoms with Crippen LogP contribution in [0.3, 0.4) is 0 Å². The summed E-state index contributed by atoms with van der Waals surface area (Å²) in [4.78, 5) is 17.8. The van der Waals surface area contributed by atoms with Gasteiger partial charge in [-0.05, 0) is 23.3 Å². The number of rotatable bonds is 4. The quantitative estimate of drug-likeness (QED) is 0.700. The molecule has 0 amide bonds. The Morgan fingerprint density at radius 2 is 2.00 bits per heavy atom. The number of carboxylic acid groups (broad SMARTS) is 1. The normalized spacial score (nSPS) is 18.5. The van der Waals surface area contributed by atoms with E-state index < -0.39 is 5.97 Å². The van der Waals surface area contributed by atoms with Crippen molar-refractivity contribution in [2.24, 2.45) is 0 Å². The molecule has 30 heavy (non-hydrogen) atoms. The van der Waals surface area contributed by atoms with E-state index in [0.717, 1.165) is 31.0 Å². The fourth-order valence-electron chi connectivity index (χ4n) is 3.85. The van der Waals surface area contributed by atoms with Gasteiger partial charge >= 0.3 is 5.97 Å². The summed E-state index contributed by atoms with van der Waals surface area (Å²) < 4.78 is 13.4. The zero-order valence-electron chi connectivity index (χ0n) is 16.3. The molecular weight excluding hydrogens is 386 g/mol. The molecule has 1 aromatic carbocycles. The Hall–Kier alpha value is -3.46. The summed E-state index contributed by atoms with van der Waals surface area (Å²) in [7, 11) is 0. The van der Waals surface area contributed by atoms with Crippen molar-refractivity contribution in [1.82, 2.24) is 24.6 Å². The van der Waals surface area contributed by atoms with Crippen molar-refractivity contribution in [3.8, 4) is 11.6 Å². The number of aromatic carboxylic acids is 1. The number of benzene rings is 1. The maximum Gasteiger partial charge on any atom is 0.374 e. The molecule has 154 valence electrons. The van der Waals surface area contributed by atoms with Crippen molar-refractivity contribution in [2.75, 3.05) is 19.7 Å². The summed E-state index contributed by atoms with van der Waals surface area (Å²) in [5.41, 5.74) is 2.23. The third-order valence-corrected chi connectivity index (χ3v) is 5.45. The average molecular weight is 407 g/mol. The number of fused-ring (bicyclic) bond motifs is 2. The SMILES string of the molecule is O=C(O)c1nnc2n1CCN(Cc1ccc([C@H]3COc4cccnc4O3)cc1)CC2. The predicted octanol–water partition coefficient (Wildman–Crippen LogP) is 1.94. The molecule has 0 saturated heterocycles. The molecule has 2 aliphatic rings. The first-order chi connectivity index (χ1) is 14.7. The molecule has 0 spiro atoms. The third kappa shape index (κ3) is 3.59. The van der Waals surface area contributed by atoms with E-state index in [2.05, 4.69) is 44.3 Å². The lowest BCUT2D eigenvalue weighted by Gasteiger charge is -2.26. The Morgan fingerprint density at radius 1 is 1.13 bits per heavy atom. The summed E-state index contributed by atoms with van der Waals surface area (Å²) in [6.07, 6.45) is 2.19. The zero-order valence-corrected chi connectivity index (χ0v) is 16.3. The summed E-state index contributed by atoms with van der Waals surface area (Å²) in [6.45, 7) is 3.36. The maximum atomic E-state index is 11.3. The van der Waals surface area contributed by atoms with Crippen LogP contribution in [-0.4, -0.2) is 55.4 Å². The van der Waals surface area contributed by atoms with E-state index in [1.54, 1.807) is 10.8 Å². The van der Waals surface area contributed by atoms with Gasteiger partial charge < -0.3 is 19.1 Å². The van der Waals surface area contributed by atoms with Gasteiger partial charge in [-0.15, -0.1) is 10.2 Å². The second kappa shape index (κ2) is 7.75. The zero-order chi connectivity index (χ0) is 20.5. The van der Waals surface area contributed by atoms with Crippen LogP contribution < -0.4 is 9.47 Å². The molecule has 0 radical (unpaired) electrons. The van der Waals surface area contributed by atoms with Gasteiger partial charge in [-0.1, -0.05) is 24.3 Å². The molecule has 2 aromatic heterocycles. The fourth-order valence-corrected chi connectivity index (χ4v) is 3.85. The van der Waals surface area contributed by atoms with Gasteiger partial charge in [0, 0.05) is 38.8 Å². The Kier molecular flexibility index (Phi) is 4.80. The Balaban J connectivity index is 1.22. The number of ether oxygens (including phenoxy) is 2. The largest absolute Gasteiger partial charge is 0.484 e. The molecule has 0 aliphatic carbocycles. The lowest BCUT2D eigenvalue weighted by atomic mass is 10.1. The summed E-state index contributed by atoms with van der Waals surface area (Å²) in [5.74, 6) is 0.906. The van der Waals surface area contributed by atoms with E-state index in [4.69, 9.17) is 9.47 Å². The van der Waals surface area contributed by atoms with E-state index >= 15 is 0 Å². The molecule has 9 nitrogen and oxygen atoms in total. The number of carboxylic acids is 1. The van der Waals surface area contributed by atoms with Gasteiger partial charge in [-0.25, -0.2) is 9.78 Å². The van der Waals surface area contributed by atoms with E-state index in [0.29, 0.717) is 31.2 Å². The molecule has 4 heterocycles. The second-order valence-electron chi connectivity index (χ2n) is 7.39. The number of aromatic nitrogens is 4. The van der Waals surface area contributed by atoms with E-state index in [-0.39, 0.29) is 11.9 Å². The molecule has 1 atom stereocenters. The van der Waals surface area contributed by atoms with Crippen molar-refractivity contribution in [1.29, 1.82) is 0 Å². The standard InChI is InChI=1S/C21H21N5O4/c27-21(28)19-24-23-18-7-9-25(10-11-26(18)19)12-14-3-5-15(6-4-14)17-13-29-16-2-1-8-22-20(16)30-17/h1-6,8,17H,7,9-13H2,(H,27,28)/t17-/m1/s1. The molecule has 0 saturated carbocycles. The Bertz CT molecular complexity index is 1070. The smallest absolute Gasteiger partial charge is 0.374 e. The van der Waals surface area contributed by atoms with Crippen LogP contribution in [-0.2, 0) is 19.5 Å². The Morgan fingerprint density at radius 3 is 2.83 bits per heavy atom. The maximum absolute atomic E-state index is 11.3. The van der Waals surface area contributed by atoms with Gasteiger partial charge in [-0.3, -0.25) is 4.90 Å². The average Bonchev–Trinajstić information content (AvgIpc) is 3.09. The minimum Gasteiger partial charge on any atom is -0.484 e. The third-order valence-electron chi connectivity index (χ3n) is 5.45. The van der Waals surface area contributed by atoms with Crippen molar-refractivity contribution >= 4 is 5.97 Å². The van der Waals surface area contributed by atoms with E-state index in [1.165, 1.54) is 5.56 Å². The molecule has 0 unspecified atom stereocenters. The number of carbonyl (C=O) groups is 1. The van der Waals surface area contributed by atoms with Crippen LogP contribution in [0, 0.1) is 0 Å². The van der Waals surface area contributed by atoms with Gasteiger partial charge in [0.1, 0.15) is 12.4 Å². The Labute approximate surface area is 172 Å². The van der Waals surface area contributed by atoms with Crippen LogP contribution in [0.4, 0.5) is 0 Å². The van der Waals surface area contributed by atoms with Gasteiger partial charge in [0.25, 0.3) is 5.88 Å². The van der Waals surface area contributed by atoms with Crippen molar-refractivity contribution < 1.29 is 19.4 Å². The van der Waals surface area contributed by atoms with Crippen molar-refractivity contribution in [3.05, 3.63) is 65.4 Å². The highest BCUT2D eigenvalue weighted by molar-refractivity contribution is 5.83. The molecule has 2 aliphatic heterocycles. The van der Waals surface area contributed by atoms with E-state index in [9.17, 15) is 9.90 Å². The summed E-state index contributed by atoms with van der Waals surface area (Å²) in [6, 6.07) is 12.0. The van der Waals surface area contributed by atoms with Crippen molar-refractivity contribution in [3.63, 3.8) is 0 Å². The monoisotopic (exact) mass is 407 g/mol. The molecule has 1 N–H and O–H groups in total. The minimum atomic E-state index is -1.04. The predicted molar refractivity (Wildman–Crippen MR) is 106 cm³/mol. The lowest BCUT2D eigenvalue weighted by Crippen LogP contribution is -2.27. The van der Waals surface area contributed by atoms with Gasteiger partial charge in [0.2, 0.25) is 5.82 Å². The van der Waals surface area contributed by atoms with Crippen LogP contribution in [0.2, 0.25) is 0 Å².